The van der Waals surface area contributed by atoms with Gasteiger partial charge in [0, 0.05) is 20.8 Å². The fraction of sp³-hybridized carbons (Fsp3) is 0.105. The molecular weight excluding hydrogens is 448 g/mol. The molecule has 0 aliphatic heterocycles. The van der Waals surface area contributed by atoms with Crippen molar-refractivity contribution in [3.8, 4) is 11.1 Å². The lowest BCUT2D eigenvalue weighted by atomic mass is 10.1. The monoisotopic (exact) mass is 460 g/mol. The molecule has 0 fully saturated rings. The van der Waals surface area contributed by atoms with E-state index in [1.165, 1.54) is 16.3 Å². The lowest BCUT2D eigenvalue weighted by molar-refractivity contribution is 0.780. The van der Waals surface area contributed by atoms with Gasteiger partial charge in [-0.2, -0.15) is 9.61 Å². The maximum Gasteiger partial charge on any atom is 0.350 e. The summed E-state index contributed by atoms with van der Waals surface area (Å²) in [5.41, 5.74) is 3.95. The molecule has 0 saturated heterocycles. The van der Waals surface area contributed by atoms with E-state index in [9.17, 15) is 4.79 Å². The highest BCUT2D eigenvalue weighted by atomic mass is 79.9. The minimum absolute atomic E-state index is 0.301. The molecule has 2 aromatic carbocycles. The van der Waals surface area contributed by atoms with Crippen molar-refractivity contribution in [2.75, 3.05) is 0 Å². The topological polar surface area (TPSA) is 63.1 Å². The zero-order valence-electron chi connectivity index (χ0n) is 14.2. The van der Waals surface area contributed by atoms with E-state index in [1.54, 1.807) is 0 Å². The average Bonchev–Trinajstić information content (AvgIpc) is 2.99. The largest absolute Gasteiger partial charge is 0.350 e. The fourth-order valence-electron chi connectivity index (χ4n) is 2.78. The summed E-state index contributed by atoms with van der Waals surface area (Å²) in [5, 5.41) is 5.61. The number of nitrogens with zero attached hydrogens (tertiary/aromatic N) is 3. The van der Waals surface area contributed by atoms with Crippen molar-refractivity contribution in [1.29, 1.82) is 0 Å². The van der Waals surface area contributed by atoms with E-state index in [0.29, 0.717) is 21.6 Å². The van der Waals surface area contributed by atoms with Crippen LogP contribution in [-0.4, -0.2) is 19.6 Å². The van der Waals surface area contributed by atoms with Crippen LogP contribution in [0, 0.1) is 6.92 Å². The first-order valence-corrected chi connectivity index (χ1v) is 10.3. The molecule has 1 N–H and O–H groups in total. The number of aryl methyl sites for hydroxylation is 1. The van der Waals surface area contributed by atoms with Crippen molar-refractivity contribution >= 4 is 44.9 Å². The summed E-state index contributed by atoms with van der Waals surface area (Å²) in [4.78, 5) is 19.9. The maximum absolute atomic E-state index is 12.5. The van der Waals surface area contributed by atoms with Crippen molar-refractivity contribution in [3.63, 3.8) is 0 Å². The number of benzene rings is 2. The molecular formula is C19H14BrClN4OS. The maximum atomic E-state index is 12.5. The van der Waals surface area contributed by atoms with Gasteiger partial charge in [0.2, 0.25) is 0 Å². The van der Waals surface area contributed by atoms with E-state index in [-0.39, 0.29) is 5.69 Å². The van der Waals surface area contributed by atoms with E-state index in [0.717, 1.165) is 26.9 Å². The molecule has 136 valence electrons. The van der Waals surface area contributed by atoms with Crippen LogP contribution < -0.4 is 5.69 Å². The standard InChI is InChI=1S/C19H14BrClN4OS/c1-11-16(13-4-6-14(20)7-5-13)17-22-18(23-19(26)25(17)24-11)27-10-12-2-8-15(21)9-3-12/h2-9H,10H2,1H3,(H,22,23,26). The van der Waals surface area contributed by atoms with E-state index >= 15 is 0 Å². The summed E-state index contributed by atoms with van der Waals surface area (Å²) in [5.74, 6) is 0.678. The summed E-state index contributed by atoms with van der Waals surface area (Å²) in [6, 6.07) is 15.5. The Morgan fingerprint density at radius 2 is 1.85 bits per heavy atom. The quantitative estimate of drug-likeness (QED) is 0.429. The van der Waals surface area contributed by atoms with E-state index in [1.807, 2.05) is 55.5 Å². The second-order valence-electron chi connectivity index (χ2n) is 5.96. The molecule has 27 heavy (non-hydrogen) atoms. The predicted octanol–water partition coefficient (Wildman–Crippen LogP) is 5.10. The van der Waals surface area contributed by atoms with Gasteiger partial charge in [-0.1, -0.05) is 63.6 Å². The molecule has 0 aliphatic rings. The van der Waals surface area contributed by atoms with Crippen LogP contribution in [0.3, 0.4) is 0 Å². The van der Waals surface area contributed by atoms with Gasteiger partial charge in [0.25, 0.3) is 0 Å². The molecule has 4 rings (SSSR count). The number of nitrogens with one attached hydrogen (secondary N) is 1. The first-order valence-electron chi connectivity index (χ1n) is 8.14. The zero-order valence-corrected chi connectivity index (χ0v) is 17.4. The number of H-pyrrole nitrogens is 1. The summed E-state index contributed by atoms with van der Waals surface area (Å²) in [7, 11) is 0. The second-order valence-corrected chi connectivity index (χ2v) is 8.28. The Hall–Kier alpha value is -2.09. The summed E-state index contributed by atoms with van der Waals surface area (Å²) in [6.07, 6.45) is 0. The molecule has 5 nitrogen and oxygen atoms in total. The van der Waals surface area contributed by atoms with Crippen molar-refractivity contribution in [3.05, 3.63) is 79.8 Å². The number of aromatic nitrogens is 4. The van der Waals surface area contributed by atoms with Crippen molar-refractivity contribution in [1.82, 2.24) is 19.6 Å². The minimum atomic E-state index is -0.301. The number of fused-ring (bicyclic) bond motifs is 1. The molecule has 0 unspecified atom stereocenters. The summed E-state index contributed by atoms with van der Waals surface area (Å²) in [6.45, 7) is 1.88. The molecule has 2 heterocycles. The third-order valence-corrected chi connectivity index (χ3v) is 5.80. The van der Waals surface area contributed by atoms with Gasteiger partial charge in [0.05, 0.1) is 5.69 Å². The lowest BCUT2D eigenvalue weighted by Gasteiger charge is -2.04. The molecule has 8 heteroatoms. The van der Waals surface area contributed by atoms with Gasteiger partial charge in [-0.15, -0.1) is 0 Å². The average molecular weight is 462 g/mol. The number of hydrogen-bond donors (Lipinski definition) is 1. The molecule has 2 aromatic heterocycles. The smallest absolute Gasteiger partial charge is 0.285 e. The van der Waals surface area contributed by atoms with Gasteiger partial charge in [-0.3, -0.25) is 4.98 Å². The Bertz CT molecular complexity index is 1170. The third kappa shape index (κ3) is 3.81. The van der Waals surface area contributed by atoms with Crippen LogP contribution in [0.5, 0.6) is 0 Å². The Kier molecular flexibility index (Phi) is 5.08. The SMILES string of the molecule is Cc1nn2c(=O)[nH]c(SCc3ccc(Cl)cc3)nc2c1-c1ccc(Br)cc1. The number of hydrogen-bond acceptors (Lipinski definition) is 4. The van der Waals surface area contributed by atoms with Crippen molar-refractivity contribution in [2.45, 2.75) is 17.8 Å². The Labute approximate surface area is 172 Å². The normalized spacial score (nSPS) is 11.2. The van der Waals surface area contributed by atoms with Crippen LogP contribution in [0.25, 0.3) is 16.8 Å². The van der Waals surface area contributed by atoms with E-state index in [4.69, 9.17) is 11.6 Å². The molecule has 0 spiro atoms. The highest BCUT2D eigenvalue weighted by Gasteiger charge is 2.16. The van der Waals surface area contributed by atoms with Gasteiger partial charge in [0.15, 0.2) is 10.8 Å². The van der Waals surface area contributed by atoms with Gasteiger partial charge >= 0.3 is 5.69 Å². The molecule has 0 saturated carbocycles. The fourth-order valence-corrected chi connectivity index (χ4v) is 3.98. The molecule has 0 radical (unpaired) electrons. The van der Waals surface area contributed by atoms with Crippen LogP contribution in [0.4, 0.5) is 0 Å². The van der Waals surface area contributed by atoms with Crippen LogP contribution in [0.15, 0.2) is 63.0 Å². The molecule has 0 bridgehead atoms. The molecule has 0 amide bonds. The Morgan fingerprint density at radius 1 is 1.15 bits per heavy atom. The molecule has 0 atom stereocenters. The predicted molar refractivity (Wildman–Crippen MR) is 112 cm³/mol. The van der Waals surface area contributed by atoms with Crippen molar-refractivity contribution in [2.24, 2.45) is 0 Å². The van der Waals surface area contributed by atoms with Crippen LogP contribution in [-0.2, 0) is 5.75 Å². The number of rotatable bonds is 4. The number of halogens is 2. The van der Waals surface area contributed by atoms with E-state index < -0.39 is 0 Å². The van der Waals surface area contributed by atoms with Gasteiger partial charge in [-0.05, 0) is 42.3 Å². The van der Waals surface area contributed by atoms with Gasteiger partial charge in [0.1, 0.15) is 0 Å². The summed E-state index contributed by atoms with van der Waals surface area (Å²) < 4.78 is 2.31. The van der Waals surface area contributed by atoms with Crippen LogP contribution >= 0.6 is 39.3 Å². The van der Waals surface area contributed by atoms with Crippen LogP contribution in [0.1, 0.15) is 11.3 Å². The zero-order chi connectivity index (χ0) is 19.0. The molecule has 4 aromatic rings. The van der Waals surface area contributed by atoms with Gasteiger partial charge < -0.3 is 0 Å². The Morgan fingerprint density at radius 3 is 2.56 bits per heavy atom. The van der Waals surface area contributed by atoms with Crippen molar-refractivity contribution < 1.29 is 0 Å². The number of thioether (sulfide) groups is 1. The first kappa shape index (κ1) is 18.3. The number of aromatic amines is 1. The highest BCUT2D eigenvalue weighted by molar-refractivity contribution is 9.10. The summed E-state index contributed by atoms with van der Waals surface area (Å²) >= 11 is 10.8. The lowest BCUT2D eigenvalue weighted by Crippen LogP contribution is -2.19. The Balaban J connectivity index is 1.73. The molecule has 0 aliphatic carbocycles. The van der Waals surface area contributed by atoms with E-state index in [2.05, 4.69) is 31.0 Å². The minimum Gasteiger partial charge on any atom is -0.285 e. The second kappa shape index (κ2) is 7.50. The van der Waals surface area contributed by atoms with Gasteiger partial charge in [-0.25, -0.2) is 9.78 Å². The highest BCUT2D eigenvalue weighted by Crippen LogP contribution is 2.29. The van der Waals surface area contributed by atoms with Crippen LogP contribution in [0.2, 0.25) is 5.02 Å². The first-order chi connectivity index (χ1) is 13.0. The third-order valence-electron chi connectivity index (χ3n) is 4.07.